The molecule has 1 saturated carbocycles. The standard InChI is InChI=1S/C20H19BrFN3O4S/c21-16-5-4-15(30-16)18(27)24-20(6-1-7-20)19(28)23-12-2-3-14(13(22)10-12)25-8-9-29-11-17(25)26/h2-5,10H,1,6-9,11H2,(H,23,28)(H,24,27). The van der Waals surface area contributed by atoms with Crippen LogP contribution < -0.4 is 15.5 Å². The normalized spacial score (nSPS) is 17.9. The van der Waals surface area contributed by atoms with Crippen LogP contribution in [-0.2, 0) is 14.3 Å². The highest BCUT2D eigenvalue weighted by Gasteiger charge is 2.45. The van der Waals surface area contributed by atoms with E-state index in [2.05, 4.69) is 26.6 Å². The van der Waals surface area contributed by atoms with E-state index in [1.165, 1.54) is 28.4 Å². The van der Waals surface area contributed by atoms with Crippen molar-refractivity contribution in [3.8, 4) is 0 Å². The maximum Gasteiger partial charge on any atom is 0.262 e. The van der Waals surface area contributed by atoms with Crippen LogP contribution in [0.5, 0.6) is 0 Å². The number of hydrogen-bond donors (Lipinski definition) is 2. The Kier molecular flexibility index (Phi) is 5.90. The number of rotatable bonds is 5. The van der Waals surface area contributed by atoms with Crippen LogP contribution in [0.15, 0.2) is 34.1 Å². The Hall–Kier alpha value is -2.30. The molecule has 0 bridgehead atoms. The predicted molar refractivity (Wildman–Crippen MR) is 114 cm³/mol. The Balaban J connectivity index is 1.46. The molecular weight excluding hydrogens is 477 g/mol. The maximum absolute atomic E-state index is 14.6. The van der Waals surface area contributed by atoms with Crippen LogP contribution in [0.3, 0.4) is 0 Å². The third kappa shape index (κ3) is 4.12. The molecule has 4 rings (SSSR count). The topological polar surface area (TPSA) is 87.7 Å². The molecule has 0 unspecified atom stereocenters. The quantitative estimate of drug-likeness (QED) is 0.665. The van der Waals surface area contributed by atoms with Gasteiger partial charge in [0.05, 0.1) is 21.0 Å². The smallest absolute Gasteiger partial charge is 0.262 e. The number of ether oxygens (including phenoxy) is 1. The number of carbonyl (C=O) groups excluding carboxylic acids is 3. The lowest BCUT2D eigenvalue weighted by Gasteiger charge is -2.40. The fourth-order valence-corrected chi connectivity index (χ4v) is 4.76. The number of benzene rings is 1. The molecule has 0 atom stereocenters. The van der Waals surface area contributed by atoms with Crippen LogP contribution in [0.25, 0.3) is 0 Å². The Bertz CT molecular complexity index is 1010. The molecule has 1 saturated heterocycles. The molecule has 30 heavy (non-hydrogen) atoms. The fourth-order valence-electron chi connectivity index (χ4n) is 3.48. The number of anilines is 2. The molecule has 2 heterocycles. The summed E-state index contributed by atoms with van der Waals surface area (Å²) < 4.78 is 20.5. The minimum atomic E-state index is -1.01. The molecule has 3 amide bonds. The van der Waals surface area contributed by atoms with E-state index in [9.17, 15) is 18.8 Å². The Morgan fingerprint density at radius 3 is 2.63 bits per heavy atom. The predicted octanol–water partition coefficient (Wildman–Crippen LogP) is 3.30. The van der Waals surface area contributed by atoms with E-state index < -0.39 is 11.4 Å². The third-order valence-electron chi connectivity index (χ3n) is 5.27. The van der Waals surface area contributed by atoms with Crippen molar-refractivity contribution >= 4 is 56.4 Å². The highest BCUT2D eigenvalue weighted by Crippen LogP contribution is 2.34. The van der Waals surface area contributed by atoms with E-state index in [1.807, 2.05) is 0 Å². The first-order chi connectivity index (χ1) is 14.4. The van der Waals surface area contributed by atoms with Crippen molar-refractivity contribution in [2.75, 3.05) is 30.0 Å². The van der Waals surface area contributed by atoms with Crippen molar-refractivity contribution in [3.05, 3.63) is 44.8 Å². The first-order valence-electron chi connectivity index (χ1n) is 9.45. The summed E-state index contributed by atoms with van der Waals surface area (Å²) in [5.41, 5.74) is -0.597. The molecule has 7 nitrogen and oxygen atoms in total. The van der Waals surface area contributed by atoms with Gasteiger partial charge in [0.2, 0.25) is 5.91 Å². The second-order valence-corrected chi connectivity index (χ2v) is 9.67. The first-order valence-corrected chi connectivity index (χ1v) is 11.1. The van der Waals surface area contributed by atoms with E-state index in [1.54, 1.807) is 18.2 Å². The molecule has 0 radical (unpaired) electrons. The Labute approximate surface area is 184 Å². The van der Waals surface area contributed by atoms with Crippen molar-refractivity contribution in [2.24, 2.45) is 0 Å². The highest BCUT2D eigenvalue weighted by molar-refractivity contribution is 9.11. The first kappa shape index (κ1) is 21.0. The Morgan fingerprint density at radius 1 is 1.23 bits per heavy atom. The lowest BCUT2D eigenvalue weighted by atomic mass is 9.75. The number of hydrogen-bond acceptors (Lipinski definition) is 5. The average Bonchev–Trinajstić information content (AvgIpc) is 3.12. The van der Waals surface area contributed by atoms with Crippen LogP contribution in [0, 0.1) is 5.82 Å². The van der Waals surface area contributed by atoms with E-state index in [0.29, 0.717) is 24.3 Å². The molecule has 1 aliphatic heterocycles. The van der Waals surface area contributed by atoms with Gasteiger partial charge in [-0.2, -0.15) is 0 Å². The van der Waals surface area contributed by atoms with E-state index in [0.717, 1.165) is 10.2 Å². The molecule has 2 N–H and O–H groups in total. The summed E-state index contributed by atoms with van der Waals surface area (Å²) in [7, 11) is 0. The summed E-state index contributed by atoms with van der Waals surface area (Å²) in [5.74, 6) is -1.62. The molecular formula is C20H19BrFN3O4S. The lowest BCUT2D eigenvalue weighted by molar-refractivity contribution is -0.126. The highest BCUT2D eigenvalue weighted by atomic mass is 79.9. The number of carbonyl (C=O) groups is 3. The van der Waals surface area contributed by atoms with Crippen molar-refractivity contribution in [1.29, 1.82) is 0 Å². The number of morpholine rings is 1. The van der Waals surface area contributed by atoms with Crippen molar-refractivity contribution in [3.63, 3.8) is 0 Å². The van der Waals surface area contributed by atoms with E-state index >= 15 is 0 Å². The largest absolute Gasteiger partial charge is 0.370 e. The average molecular weight is 496 g/mol. The monoisotopic (exact) mass is 495 g/mol. The number of nitrogens with one attached hydrogen (secondary N) is 2. The molecule has 10 heteroatoms. The van der Waals surface area contributed by atoms with Gasteiger partial charge in [-0.1, -0.05) is 0 Å². The van der Waals surface area contributed by atoms with Gasteiger partial charge in [-0.15, -0.1) is 11.3 Å². The van der Waals surface area contributed by atoms with Gasteiger partial charge in [-0.25, -0.2) is 4.39 Å². The van der Waals surface area contributed by atoms with Gasteiger partial charge in [-0.05, 0) is 65.5 Å². The minimum absolute atomic E-state index is 0.0824. The van der Waals surface area contributed by atoms with E-state index in [-0.39, 0.29) is 42.2 Å². The van der Waals surface area contributed by atoms with Crippen LogP contribution in [0.1, 0.15) is 28.9 Å². The third-order valence-corrected chi connectivity index (χ3v) is 6.90. The Morgan fingerprint density at radius 2 is 2.03 bits per heavy atom. The summed E-state index contributed by atoms with van der Waals surface area (Å²) in [6, 6.07) is 7.65. The second-order valence-electron chi connectivity index (χ2n) is 7.21. The molecule has 1 aromatic carbocycles. The van der Waals surface area contributed by atoms with Gasteiger partial charge >= 0.3 is 0 Å². The van der Waals surface area contributed by atoms with Crippen LogP contribution >= 0.6 is 27.3 Å². The van der Waals surface area contributed by atoms with Gasteiger partial charge in [0, 0.05) is 12.2 Å². The number of halogens is 2. The van der Waals surface area contributed by atoms with Crippen LogP contribution in [0.2, 0.25) is 0 Å². The summed E-state index contributed by atoms with van der Waals surface area (Å²) in [6.45, 7) is 0.531. The number of nitrogens with zero attached hydrogens (tertiary/aromatic N) is 1. The lowest BCUT2D eigenvalue weighted by Crippen LogP contribution is -2.61. The maximum atomic E-state index is 14.6. The number of thiophene rings is 1. The fraction of sp³-hybridized carbons (Fsp3) is 0.350. The van der Waals surface area contributed by atoms with Crippen molar-refractivity contribution < 1.29 is 23.5 Å². The van der Waals surface area contributed by atoms with Gasteiger partial charge in [0.15, 0.2) is 0 Å². The molecule has 2 fully saturated rings. The van der Waals surface area contributed by atoms with Gasteiger partial charge in [0.25, 0.3) is 11.8 Å². The van der Waals surface area contributed by atoms with E-state index in [4.69, 9.17) is 4.74 Å². The molecule has 2 aromatic rings. The van der Waals surface area contributed by atoms with Gasteiger partial charge in [-0.3, -0.25) is 14.4 Å². The summed E-state index contributed by atoms with van der Waals surface area (Å²) in [6.07, 6.45) is 1.84. The molecule has 0 spiro atoms. The van der Waals surface area contributed by atoms with Crippen LogP contribution in [-0.4, -0.2) is 43.0 Å². The summed E-state index contributed by atoms with van der Waals surface area (Å²) in [4.78, 5) is 39.2. The molecule has 158 valence electrons. The summed E-state index contributed by atoms with van der Waals surface area (Å²) in [5, 5.41) is 5.54. The number of amides is 3. The SMILES string of the molecule is O=C(NC1(C(=O)Nc2ccc(N3CCOCC3=O)c(F)c2)CCC1)c1ccc(Br)s1. The molecule has 2 aliphatic rings. The summed E-state index contributed by atoms with van der Waals surface area (Å²) >= 11 is 4.61. The molecule has 1 aromatic heterocycles. The van der Waals surface area contributed by atoms with Crippen molar-refractivity contribution in [1.82, 2.24) is 5.32 Å². The minimum Gasteiger partial charge on any atom is -0.370 e. The van der Waals surface area contributed by atoms with Crippen molar-refractivity contribution in [2.45, 2.75) is 24.8 Å². The van der Waals surface area contributed by atoms with Gasteiger partial charge < -0.3 is 20.3 Å². The molecule has 1 aliphatic carbocycles. The zero-order chi connectivity index (χ0) is 21.3. The second kappa shape index (κ2) is 8.44. The zero-order valence-electron chi connectivity index (χ0n) is 15.9. The van der Waals surface area contributed by atoms with Crippen LogP contribution in [0.4, 0.5) is 15.8 Å². The van der Waals surface area contributed by atoms with Gasteiger partial charge in [0.1, 0.15) is 18.0 Å². The zero-order valence-corrected chi connectivity index (χ0v) is 18.3.